The van der Waals surface area contributed by atoms with Crippen LogP contribution in [0.1, 0.15) is 23.7 Å². The molecule has 6 nitrogen and oxygen atoms in total. The van der Waals surface area contributed by atoms with E-state index in [4.69, 9.17) is 9.73 Å². The Morgan fingerprint density at radius 2 is 1.86 bits per heavy atom. The van der Waals surface area contributed by atoms with E-state index in [1.165, 1.54) is 11.1 Å². The van der Waals surface area contributed by atoms with Gasteiger partial charge in [0.1, 0.15) is 0 Å². The van der Waals surface area contributed by atoms with Crippen LogP contribution in [-0.2, 0) is 24.2 Å². The SMILES string of the molecule is CCNC(=NCc1ccccc1CN1CCOCC1)NCCc1ccccn1. The van der Waals surface area contributed by atoms with E-state index in [2.05, 4.69) is 51.7 Å². The first-order valence-electron chi connectivity index (χ1n) is 10.1. The van der Waals surface area contributed by atoms with Gasteiger partial charge in [-0.15, -0.1) is 0 Å². The average Bonchev–Trinajstić information content (AvgIpc) is 2.74. The Balaban J connectivity index is 1.57. The van der Waals surface area contributed by atoms with E-state index in [0.717, 1.165) is 64.0 Å². The van der Waals surface area contributed by atoms with Crippen molar-refractivity contribution in [1.29, 1.82) is 0 Å². The minimum atomic E-state index is 0.666. The Morgan fingerprint density at radius 3 is 2.61 bits per heavy atom. The summed E-state index contributed by atoms with van der Waals surface area (Å²) in [5, 5.41) is 6.74. The van der Waals surface area contributed by atoms with Gasteiger partial charge in [-0.05, 0) is 30.2 Å². The molecule has 6 heteroatoms. The van der Waals surface area contributed by atoms with Gasteiger partial charge in [0.2, 0.25) is 0 Å². The molecule has 3 rings (SSSR count). The number of ether oxygens (including phenoxy) is 1. The lowest BCUT2D eigenvalue weighted by Crippen LogP contribution is -2.38. The van der Waals surface area contributed by atoms with Crippen LogP contribution < -0.4 is 10.6 Å². The summed E-state index contributed by atoms with van der Waals surface area (Å²) in [6.45, 7) is 8.99. The lowest BCUT2D eigenvalue weighted by atomic mass is 10.1. The second kappa shape index (κ2) is 11.4. The van der Waals surface area contributed by atoms with E-state index in [1.807, 2.05) is 24.4 Å². The molecule has 0 spiro atoms. The Bertz CT molecular complexity index is 729. The molecule has 0 amide bonds. The molecule has 0 aliphatic carbocycles. The second-order valence-electron chi connectivity index (χ2n) is 6.85. The molecule has 1 saturated heterocycles. The number of pyridine rings is 1. The summed E-state index contributed by atoms with van der Waals surface area (Å²) < 4.78 is 5.46. The van der Waals surface area contributed by atoms with Crippen LogP contribution in [0.5, 0.6) is 0 Å². The van der Waals surface area contributed by atoms with Crippen LogP contribution in [0.2, 0.25) is 0 Å². The smallest absolute Gasteiger partial charge is 0.191 e. The first-order valence-corrected chi connectivity index (χ1v) is 10.1. The molecular formula is C22H31N5O. The number of benzene rings is 1. The first kappa shape index (κ1) is 20.3. The quantitative estimate of drug-likeness (QED) is 0.542. The third-order valence-electron chi connectivity index (χ3n) is 4.77. The van der Waals surface area contributed by atoms with E-state index in [1.54, 1.807) is 0 Å². The van der Waals surface area contributed by atoms with Crippen molar-refractivity contribution < 1.29 is 4.74 Å². The minimum absolute atomic E-state index is 0.666. The predicted molar refractivity (Wildman–Crippen MR) is 113 cm³/mol. The summed E-state index contributed by atoms with van der Waals surface area (Å²) in [4.78, 5) is 11.6. The van der Waals surface area contributed by atoms with E-state index < -0.39 is 0 Å². The van der Waals surface area contributed by atoms with Crippen molar-refractivity contribution in [2.45, 2.75) is 26.4 Å². The average molecular weight is 382 g/mol. The largest absolute Gasteiger partial charge is 0.379 e. The number of hydrogen-bond donors (Lipinski definition) is 2. The number of rotatable bonds is 8. The Labute approximate surface area is 168 Å². The molecule has 2 heterocycles. The topological polar surface area (TPSA) is 61.8 Å². The van der Waals surface area contributed by atoms with Crippen molar-refractivity contribution in [1.82, 2.24) is 20.5 Å². The van der Waals surface area contributed by atoms with Gasteiger partial charge >= 0.3 is 0 Å². The number of aliphatic imine (C=N–C) groups is 1. The van der Waals surface area contributed by atoms with Crippen molar-refractivity contribution in [3.8, 4) is 0 Å². The van der Waals surface area contributed by atoms with Crippen molar-refractivity contribution >= 4 is 5.96 Å². The minimum Gasteiger partial charge on any atom is -0.379 e. The fraction of sp³-hybridized carbons (Fsp3) is 0.455. The third-order valence-corrected chi connectivity index (χ3v) is 4.77. The van der Waals surface area contributed by atoms with E-state index >= 15 is 0 Å². The highest BCUT2D eigenvalue weighted by Gasteiger charge is 2.12. The van der Waals surface area contributed by atoms with Gasteiger partial charge in [0, 0.05) is 51.0 Å². The van der Waals surface area contributed by atoms with Gasteiger partial charge in [0.05, 0.1) is 19.8 Å². The number of nitrogens with zero attached hydrogens (tertiary/aromatic N) is 3. The van der Waals surface area contributed by atoms with Crippen LogP contribution in [0.3, 0.4) is 0 Å². The van der Waals surface area contributed by atoms with E-state index in [-0.39, 0.29) is 0 Å². The lowest BCUT2D eigenvalue weighted by molar-refractivity contribution is 0.0341. The summed E-state index contributed by atoms with van der Waals surface area (Å²) in [5.74, 6) is 0.847. The van der Waals surface area contributed by atoms with Gasteiger partial charge < -0.3 is 15.4 Å². The Kier molecular flexibility index (Phi) is 8.27. The molecule has 2 N–H and O–H groups in total. The van der Waals surface area contributed by atoms with Crippen LogP contribution in [0.4, 0.5) is 0 Å². The zero-order valence-corrected chi connectivity index (χ0v) is 16.7. The molecule has 1 fully saturated rings. The predicted octanol–water partition coefficient (Wildman–Crippen LogP) is 2.21. The van der Waals surface area contributed by atoms with Crippen molar-refractivity contribution in [3.63, 3.8) is 0 Å². The van der Waals surface area contributed by atoms with Gasteiger partial charge in [-0.3, -0.25) is 9.88 Å². The molecule has 1 aromatic carbocycles. The maximum absolute atomic E-state index is 5.46. The zero-order valence-electron chi connectivity index (χ0n) is 16.7. The maximum Gasteiger partial charge on any atom is 0.191 e. The molecule has 2 aromatic rings. The molecule has 0 saturated carbocycles. The fourth-order valence-corrected chi connectivity index (χ4v) is 3.23. The maximum atomic E-state index is 5.46. The standard InChI is InChI=1S/C22H31N5O/c1-2-23-22(25-12-10-21-9-5-6-11-24-21)26-17-19-7-3-4-8-20(19)18-27-13-15-28-16-14-27/h3-9,11H,2,10,12-18H2,1H3,(H2,23,25,26). The molecule has 1 aromatic heterocycles. The van der Waals surface area contributed by atoms with Crippen LogP contribution >= 0.6 is 0 Å². The van der Waals surface area contributed by atoms with Crippen molar-refractivity contribution in [2.24, 2.45) is 4.99 Å². The van der Waals surface area contributed by atoms with Crippen molar-refractivity contribution in [3.05, 3.63) is 65.5 Å². The van der Waals surface area contributed by atoms with Crippen LogP contribution in [0.25, 0.3) is 0 Å². The third kappa shape index (κ3) is 6.62. The van der Waals surface area contributed by atoms with Gasteiger partial charge in [0.25, 0.3) is 0 Å². The Hall–Kier alpha value is -2.44. The molecule has 150 valence electrons. The number of nitrogens with one attached hydrogen (secondary N) is 2. The highest BCUT2D eigenvalue weighted by molar-refractivity contribution is 5.79. The van der Waals surface area contributed by atoms with Crippen LogP contribution in [0.15, 0.2) is 53.7 Å². The summed E-state index contributed by atoms with van der Waals surface area (Å²) in [6, 6.07) is 14.6. The summed E-state index contributed by atoms with van der Waals surface area (Å²) in [6.07, 6.45) is 2.71. The lowest BCUT2D eigenvalue weighted by Gasteiger charge is -2.27. The molecule has 1 aliphatic rings. The zero-order chi connectivity index (χ0) is 19.4. The molecule has 1 aliphatic heterocycles. The van der Waals surface area contributed by atoms with E-state index in [9.17, 15) is 0 Å². The van der Waals surface area contributed by atoms with Gasteiger partial charge in [-0.25, -0.2) is 4.99 Å². The number of aromatic nitrogens is 1. The molecule has 0 radical (unpaired) electrons. The first-order chi connectivity index (χ1) is 13.8. The molecule has 28 heavy (non-hydrogen) atoms. The summed E-state index contributed by atoms with van der Waals surface area (Å²) in [5.41, 5.74) is 3.70. The monoisotopic (exact) mass is 381 g/mol. The van der Waals surface area contributed by atoms with Crippen LogP contribution in [0, 0.1) is 0 Å². The number of guanidine groups is 1. The highest BCUT2D eigenvalue weighted by Crippen LogP contribution is 2.14. The summed E-state index contributed by atoms with van der Waals surface area (Å²) >= 11 is 0. The van der Waals surface area contributed by atoms with Gasteiger partial charge in [-0.2, -0.15) is 0 Å². The number of hydrogen-bond acceptors (Lipinski definition) is 4. The molecule has 0 unspecified atom stereocenters. The van der Waals surface area contributed by atoms with Gasteiger partial charge in [0.15, 0.2) is 5.96 Å². The second-order valence-corrected chi connectivity index (χ2v) is 6.85. The molecular weight excluding hydrogens is 350 g/mol. The highest BCUT2D eigenvalue weighted by atomic mass is 16.5. The summed E-state index contributed by atoms with van der Waals surface area (Å²) in [7, 11) is 0. The van der Waals surface area contributed by atoms with Crippen molar-refractivity contribution in [2.75, 3.05) is 39.4 Å². The fourth-order valence-electron chi connectivity index (χ4n) is 3.23. The molecule has 0 atom stereocenters. The number of morpholine rings is 1. The normalized spacial score (nSPS) is 15.4. The van der Waals surface area contributed by atoms with Crippen LogP contribution in [-0.4, -0.2) is 55.2 Å². The van der Waals surface area contributed by atoms with Gasteiger partial charge in [-0.1, -0.05) is 30.3 Å². The molecule has 0 bridgehead atoms. The van der Waals surface area contributed by atoms with E-state index in [0.29, 0.717) is 6.54 Å². The Morgan fingerprint density at radius 1 is 1.07 bits per heavy atom.